The lowest BCUT2D eigenvalue weighted by molar-refractivity contribution is 0.278. The first-order chi connectivity index (χ1) is 8.47. The van der Waals surface area contributed by atoms with E-state index in [4.69, 9.17) is 5.11 Å². The van der Waals surface area contributed by atoms with Gasteiger partial charge in [0.2, 0.25) is 0 Å². The topological polar surface area (TPSA) is 95.1 Å². The minimum absolute atomic E-state index is 0.0474. The van der Waals surface area contributed by atoms with Crippen LogP contribution in [0.25, 0.3) is 0 Å². The van der Waals surface area contributed by atoms with Crippen molar-refractivity contribution in [3.8, 4) is 0 Å². The maximum absolute atomic E-state index is 11.9. The van der Waals surface area contributed by atoms with Gasteiger partial charge in [0.25, 0.3) is 10.0 Å². The van der Waals surface area contributed by atoms with Crippen LogP contribution in [0.3, 0.4) is 0 Å². The van der Waals surface area contributed by atoms with Crippen LogP contribution >= 0.6 is 0 Å². The minimum Gasteiger partial charge on any atom is -0.392 e. The van der Waals surface area contributed by atoms with Crippen LogP contribution in [0.4, 0.5) is 0 Å². The summed E-state index contributed by atoms with van der Waals surface area (Å²) in [6.45, 7) is 4.34. The number of nitrogens with one attached hydrogen (secondary N) is 2. The summed E-state index contributed by atoms with van der Waals surface area (Å²) in [4.78, 5) is 0. The molecule has 6 nitrogen and oxygen atoms in total. The zero-order valence-corrected chi connectivity index (χ0v) is 11.6. The van der Waals surface area contributed by atoms with Gasteiger partial charge in [-0.25, -0.2) is 13.1 Å². The van der Waals surface area contributed by atoms with Gasteiger partial charge in [0.1, 0.15) is 0 Å². The molecule has 18 heavy (non-hydrogen) atoms. The molecule has 7 heteroatoms. The Labute approximate surface area is 108 Å². The highest BCUT2D eigenvalue weighted by Crippen LogP contribution is 2.11. The molecular formula is C11H21N3O3S. The van der Waals surface area contributed by atoms with Gasteiger partial charge in [-0.3, -0.25) is 5.10 Å². The van der Waals surface area contributed by atoms with E-state index in [2.05, 4.69) is 28.8 Å². The van der Waals surface area contributed by atoms with E-state index in [1.165, 1.54) is 6.20 Å². The summed E-state index contributed by atoms with van der Waals surface area (Å²) < 4.78 is 26.3. The number of aromatic nitrogens is 2. The first kappa shape index (κ1) is 15.1. The molecule has 104 valence electrons. The van der Waals surface area contributed by atoms with Crippen molar-refractivity contribution in [1.82, 2.24) is 14.9 Å². The predicted octanol–water partition coefficient (Wildman–Crippen LogP) is 1.01. The maximum Gasteiger partial charge on any atom is 0.257 e. The quantitative estimate of drug-likeness (QED) is 0.617. The highest BCUT2D eigenvalue weighted by atomic mass is 32.2. The molecule has 3 N–H and O–H groups in total. The predicted molar refractivity (Wildman–Crippen MR) is 68.4 cm³/mol. The lowest BCUT2D eigenvalue weighted by Crippen LogP contribution is -2.26. The first-order valence-electron chi connectivity index (χ1n) is 6.10. The first-order valence-corrected chi connectivity index (χ1v) is 7.58. The van der Waals surface area contributed by atoms with E-state index in [0.717, 1.165) is 19.3 Å². The molecule has 0 aromatic carbocycles. The fraction of sp³-hybridized carbons (Fsp3) is 0.727. The molecule has 0 saturated heterocycles. The van der Waals surface area contributed by atoms with Crippen LogP contribution in [-0.2, 0) is 16.6 Å². The SMILES string of the molecule is CC(C)CCCCNS(=O)(=O)c1[nH]ncc1CO. The molecule has 1 heterocycles. The largest absolute Gasteiger partial charge is 0.392 e. The molecule has 0 amide bonds. The van der Waals surface area contributed by atoms with Gasteiger partial charge in [-0.05, 0) is 12.3 Å². The lowest BCUT2D eigenvalue weighted by Gasteiger charge is -2.07. The number of aliphatic hydroxyl groups excluding tert-OH is 1. The third-order valence-corrected chi connectivity index (χ3v) is 4.09. The van der Waals surface area contributed by atoms with Crippen molar-refractivity contribution in [1.29, 1.82) is 0 Å². The molecule has 0 radical (unpaired) electrons. The second-order valence-corrected chi connectivity index (χ2v) is 6.37. The number of sulfonamides is 1. The molecule has 0 aliphatic heterocycles. The Hall–Kier alpha value is -0.920. The number of rotatable bonds is 8. The molecule has 1 rings (SSSR count). The molecule has 1 aromatic rings. The van der Waals surface area contributed by atoms with Crippen molar-refractivity contribution >= 4 is 10.0 Å². The van der Waals surface area contributed by atoms with Crippen LogP contribution in [0.15, 0.2) is 11.2 Å². The number of H-pyrrole nitrogens is 1. The van der Waals surface area contributed by atoms with Crippen LogP contribution in [0.1, 0.15) is 38.7 Å². The van der Waals surface area contributed by atoms with Crippen molar-refractivity contribution in [2.45, 2.75) is 44.7 Å². The van der Waals surface area contributed by atoms with Crippen LogP contribution < -0.4 is 4.72 Å². The van der Waals surface area contributed by atoms with E-state index in [1.807, 2.05) is 0 Å². The summed E-state index contributed by atoms with van der Waals surface area (Å²) in [7, 11) is -3.59. The number of nitrogens with zero attached hydrogens (tertiary/aromatic N) is 1. The van der Waals surface area contributed by atoms with Crippen molar-refractivity contribution in [3.63, 3.8) is 0 Å². The summed E-state index contributed by atoms with van der Waals surface area (Å²) in [5.41, 5.74) is 0.282. The fourth-order valence-corrected chi connectivity index (χ4v) is 2.79. The van der Waals surface area contributed by atoms with E-state index in [1.54, 1.807) is 0 Å². The zero-order chi connectivity index (χ0) is 13.6. The number of unbranched alkanes of at least 4 members (excludes halogenated alkanes) is 1. The van der Waals surface area contributed by atoms with E-state index >= 15 is 0 Å². The Balaban J connectivity index is 2.46. The molecule has 0 bridgehead atoms. The number of aliphatic hydroxyl groups is 1. The van der Waals surface area contributed by atoms with E-state index in [-0.39, 0.29) is 17.2 Å². The van der Waals surface area contributed by atoms with Gasteiger partial charge in [0, 0.05) is 12.1 Å². The summed E-state index contributed by atoms with van der Waals surface area (Å²) in [6.07, 6.45) is 4.21. The zero-order valence-electron chi connectivity index (χ0n) is 10.8. The Morgan fingerprint density at radius 1 is 1.44 bits per heavy atom. The summed E-state index contributed by atoms with van der Waals surface area (Å²) in [5.74, 6) is 0.634. The molecule has 1 aromatic heterocycles. The van der Waals surface area contributed by atoms with Gasteiger partial charge < -0.3 is 5.11 Å². The van der Waals surface area contributed by atoms with Gasteiger partial charge in [-0.2, -0.15) is 5.10 Å². The maximum atomic E-state index is 11.9. The van der Waals surface area contributed by atoms with Crippen molar-refractivity contribution < 1.29 is 13.5 Å². The summed E-state index contributed by atoms with van der Waals surface area (Å²) in [6, 6.07) is 0. The highest BCUT2D eigenvalue weighted by molar-refractivity contribution is 7.89. The third-order valence-electron chi connectivity index (χ3n) is 2.62. The second kappa shape index (κ2) is 6.86. The average Bonchev–Trinajstić information content (AvgIpc) is 2.76. The van der Waals surface area contributed by atoms with Gasteiger partial charge in [0.15, 0.2) is 5.03 Å². The Morgan fingerprint density at radius 2 is 2.17 bits per heavy atom. The summed E-state index contributed by atoms with van der Waals surface area (Å²) in [5, 5.41) is 15.0. The van der Waals surface area contributed by atoms with Crippen molar-refractivity contribution in [2.24, 2.45) is 5.92 Å². The van der Waals surface area contributed by atoms with Gasteiger partial charge in [-0.1, -0.05) is 26.7 Å². The highest BCUT2D eigenvalue weighted by Gasteiger charge is 2.19. The molecule has 0 aliphatic rings. The normalized spacial score (nSPS) is 12.2. The molecule has 0 aliphatic carbocycles. The van der Waals surface area contributed by atoms with Crippen molar-refractivity contribution in [3.05, 3.63) is 11.8 Å². The van der Waals surface area contributed by atoms with Gasteiger partial charge in [-0.15, -0.1) is 0 Å². The van der Waals surface area contributed by atoms with Crippen LogP contribution in [0.2, 0.25) is 0 Å². The smallest absolute Gasteiger partial charge is 0.257 e. The molecule has 0 atom stereocenters. The molecule has 0 spiro atoms. The Bertz CT molecular complexity index is 454. The molecule has 0 unspecified atom stereocenters. The standard InChI is InChI=1S/C11H21N3O3S/c1-9(2)5-3-4-6-13-18(16,17)11-10(8-15)7-12-14-11/h7,9,13,15H,3-6,8H2,1-2H3,(H,12,14). The fourth-order valence-electron chi connectivity index (χ4n) is 1.60. The van der Waals surface area contributed by atoms with Crippen LogP contribution in [-0.4, -0.2) is 30.3 Å². The number of hydrogen-bond acceptors (Lipinski definition) is 4. The Kier molecular flexibility index (Phi) is 5.77. The molecule has 0 saturated carbocycles. The van der Waals surface area contributed by atoms with Gasteiger partial charge in [0.05, 0.1) is 12.8 Å². The molecular weight excluding hydrogens is 254 g/mol. The van der Waals surface area contributed by atoms with E-state index in [9.17, 15) is 8.42 Å². The second-order valence-electron chi connectivity index (χ2n) is 4.67. The molecule has 0 fully saturated rings. The lowest BCUT2D eigenvalue weighted by atomic mass is 10.1. The summed E-state index contributed by atoms with van der Waals surface area (Å²) >= 11 is 0. The monoisotopic (exact) mass is 275 g/mol. The average molecular weight is 275 g/mol. The number of aromatic amines is 1. The third kappa shape index (κ3) is 4.40. The van der Waals surface area contributed by atoms with Crippen molar-refractivity contribution in [2.75, 3.05) is 6.54 Å². The van der Waals surface area contributed by atoms with Crippen LogP contribution in [0.5, 0.6) is 0 Å². The minimum atomic E-state index is -3.59. The van der Waals surface area contributed by atoms with E-state index in [0.29, 0.717) is 12.5 Å². The van der Waals surface area contributed by atoms with E-state index < -0.39 is 10.0 Å². The number of hydrogen-bond donors (Lipinski definition) is 3. The van der Waals surface area contributed by atoms with Gasteiger partial charge >= 0.3 is 0 Å². The van der Waals surface area contributed by atoms with Crippen LogP contribution in [0, 0.1) is 5.92 Å². The Morgan fingerprint density at radius 3 is 2.78 bits per heavy atom.